The monoisotopic (exact) mass is 383 g/mol. The van der Waals surface area contributed by atoms with Gasteiger partial charge in [-0.25, -0.2) is 4.99 Å². The molecule has 0 aromatic heterocycles. The summed E-state index contributed by atoms with van der Waals surface area (Å²) in [6.07, 6.45) is 6.23. The van der Waals surface area contributed by atoms with E-state index in [2.05, 4.69) is 26.9 Å². The molecule has 1 saturated heterocycles. The smallest absolute Gasteiger partial charge is 0.246 e. The highest BCUT2D eigenvalue weighted by molar-refractivity contribution is 5.94. The third kappa shape index (κ3) is 6.31. The van der Waals surface area contributed by atoms with Crippen molar-refractivity contribution in [1.82, 2.24) is 15.5 Å². The number of hydrogen-bond donors (Lipinski definition) is 3. The molecule has 2 rings (SSSR count). The van der Waals surface area contributed by atoms with Crippen LogP contribution < -0.4 is 16.0 Å². The van der Waals surface area contributed by atoms with Gasteiger partial charge in [-0.05, 0) is 31.5 Å². The van der Waals surface area contributed by atoms with Crippen LogP contribution in [0.15, 0.2) is 29.3 Å². The lowest BCUT2D eigenvalue weighted by Crippen LogP contribution is -2.45. The Balaban J connectivity index is 1.90. The number of anilines is 1. The first kappa shape index (κ1) is 21.3. The molecule has 1 aliphatic heterocycles. The summed E-state index contributed by atoms with van der Waals surface area (Å²) >= 11 is 0. The average Bonchev–Trinajstić information content (AvgIpc) is 3.14. The number of carbonyl (C=O) groups excluding carboxylic acids is 2. The largest absolute Gasteiger partial charge is 0.357 e. The van der Waals surface area contributed by atoms with Gasteiger partial charge in [0.05, 0.1) is 0 Å². The van der Waals surface area contributed by atoms with Crippen LogP contribution in [0.5, 0.6) is 0 Å². The Morgan fingerprint density at radius 2 is 2.18 bits per heavy atom. The Hall–Kier alpha value is -3.01. The van der Waals surface area contributed by atoms with Gasteiger partial charge < -0.3 is 20.9 Å². The second-order valence-electron chi connectivity index (χ2n) is 7.04. The van der Waals surface area contributed by atoms with Gasteiger partial charge in [-0.3, -0.25) is 9.59 Å². The van der Waals surface area contributed by atoms with Crippen LogP contribution in [0.3, 0.4) is 0 Å². The van der Waals surface area contributed by atoms with Crippen molar-refractivity contribution in [3.8, 4) is 12.3 Å². The van der Waals surface area contributed by atoms with Crippen LogP contribution in [0.1, 0.15) is 32.8 Å². The van der Waals surface area contributed by atoms with E-state index in [0.717, 1.165) is 13.0 Å². The van der Waals surface area contributed by atoms with Gasteiger partial charge in [0, 0.05) is 42.8 Å². The van der Waals surface area contributed by atoms with Crippen molar-refractivity contribution >= 4 is 23.5 Å². The molecule has 1 aromatic carbocycles. The molecule has 0 bridgehead atoms. The molecule has 1 unspecified atom stereocenters. The van der Waals surface area contributed by atoms with E-state index in [1.807, 2.05) is 25.7 Å². The van der Waals surface area contributed by atoms with Crippen LogP contribution in [-0.2, 0) is 9.59 Å². The molecule has 1 heterocycles. The zero-order valence-corrected chi connectivity index (χ0v) is 16.8. The number of guanidine groups is 1. The van der Waals surface area contributed by atoms with E-state index in [9.17, 15) is 9.59 Å². The standard InChI is InChI=1S/C21H29N5O2/c1-5-16-8-7-9-17(12-16)24-19(27)13-23-21(22-6-2)25-18-10-11-26(14-18)20(28)15(3)4/h1,7-9,12,15,18H,6,10-11,13-14H2,2-4H3,(H,24,27)(H2,22,23,25). The number of likely N-dealkylation sites (tertiary alicyclic amines) is 1. The molecular weight excluding hydrogens is 354 g/mol. The van der Waals surface area contributed by atoms with Gasteiger partial charge in [0.15, 0.2) is 5.96 Å². The summed E-state index contributed by atoms with van der Waals surface area (Å²) in [4.78, 5) is 30.6. The van der Waals surface area contributed by atoms with Crippen molar-refractivity contribution in [2.45, 2.75) is 33.2 Å². The minimum absolute atomic E-state index is 0.00248. The van der Waals surface area contributed by atoms with Gasteiger partial charge in [0.25, 0.3) is 0 Å². The van der Waals surface area contributed by atoms with Gasteiger partial charge in [-0.2, -0.15) is 0 Å². The predicted octanol–water partition coefficient (Wildman–Crippen LogP) is 1.42. The molecule has 7 nitrogen and oxygen atoms in total. The van der Waals surface area contributed by atoms with E-state index < -0.39 is 0 Å². The Morgan fingerprint density at radius 1 is 1.39 bits per heavy atom. The van der Waals surface area contributed by atoms with E-state index in [1.165, 1.54) is 0 Å². The van der Waals surface area contributed by atoms with Crippen molar-refractivity contribution in [3.05, 3.63) is 29.8 Å². The number of hydrogen-bond acceptors (Lipinski definition) is 3. The summed E-state index contributed by atoms with van der Waals surface area (Å²) in [5.41, 5.74) is 1.35. The maximum absolute atomic E-state index is 12.2. The lowest BCUT2D eigenvalue weighted by molar-refractivity contribution is -0.133. The Labute approximate surface area is 167 Å². The van der Waals surface area contributed by atoms with Crippen LogP contribution >= 0.6 is 0 Å². The second-order valence-corrected chi connectivity index (χ2v) is 7.04. The molecular formula is C21H29N5O2. The molecule has 7 heteroatoms. The van der Waals surface area contributed by atoms with E-state index in [0.29, 0.717) is 30.3 Å². The minimum Gasteiger partial charge on any atom is -0.357 e. The first-order valence-corrected chi connectivity index (χ1v) is 9.63. The van der Waals surface area contributed by atoms with E-state index in [4.69, 9.17) is 6.42 Å². The lowest BCUT2D eigenvalue weighted by atomic mass is 10.2. The van der Waals surface area contributed by atoms with Crippen molar-refractivity contribution in [3.63, 3.8) is 0 Å². The van der Waals surface area contributed by atoms with Crippen molar-refractivity contribution < 1.29 is 9.59 Å². The molecule has 1 aromatic rings. The maximum atomic E-state index is 12.2. The highest BCUT2D eigenvalue weighted by atomic mass is 16.2. The number of nitrogens with zero attached hydrogens (tertiary/aromatic N) is 2. The molecule has 2 amide bonds. The fraction of sp³-hybridized carbons (Fsp3) is 0.476. The third-order valence-corrected chi connectivity index (χ3v) is 4.37. The van der Waals surface area contributed by atoms with Gasteiger partial charge in [-0.1, -0.05) is 25.8 Å². The highest BCUT2D eigenvalue weighted by Crippen LogP contribution is 2.13. The first-order chi connectivity index (χ1) is 13.4. The van der Waals surface area contributed by atoms with Crippen LogP contribution in [0, 0.1) is 18.3 Å². The molecule has 0 saturated carbocycles. The Kier molecular flexibility index (Phi) is 7.88. The topological polar surface area (TPSA) is 85.8 Å². The normalized spacial score (nSPS) is 16.6. The van der Waals surface area contributed by atoms with Crippen LogP contribution in [0.2, 0.25) is 0 Å². The van der Waals surface area contributed by atoms with Crippen molar-refractivity contribution in [1.29, 1.82) is 0 Å². The molecule has 150 valence electrons. The molecule has 1 aliphatic rings. The van der Waals surface area contributed by atoms with Crippen LogP contribution in [0.25, 0.3) is 0 Å². The molecule has 1 fully saturated rings. The number of nitrogens with one attached hydrogen (secondary N) is 3. The molecule has 1 atom stereocenters. The van der Waals surface area contributed by atoms with E-state index >= 15 is 0 Å². The van der Waals surface area contributed by atoms with Crippen molar-refractivity contribution in [2.75, 3.05) is 31.5 Å². The minimum atomic E-state index is -0.227. The van der Waals surface area contributed by atoms with Gasteiger partial charge in [0.1, 0.15) is 6.54 Å². The number of terminal acetylenes is 1. The van der Waals surface area contributed by atoms with Gasteiger partial charge >= 0.3 is 0 Å². The summed E-state index contributed by atoms with van der Waals surface area (Å²) in [5.74, 6) is 3.04. The number of aliphatic imine (C=N–C) groups is 1. The van der Waals surface area contributed by atoms with Crippen LogP contribution in [-0.4, -0.2) is 54.9 Å². The van der Waals surface area contributed by atoms with E-state index in [-0.39, 0.29) is 30.3 Å². The summed E-state index contributed by atoms with van der Waals surface area (Å²) in [5, 5.41) is 9.25. The third-order valence-electron chi connectivity index (χ3n) is 4.37. The number of amides is 2. The molecule has 0 aliphatic carbocycles. The number of benzene rings is 1. The van der Waals surface area contributed by atoms with Crippen molar-refractivity contribution in [2.24, 2.45) is 10.9 Å². The van der Waals surface area contributed by atoms with E-state index in [1.54, 1.807) is 24.3 Å². The second kappa shape index (κ2) is 10.4. The molecule has 28 heavy (non-hydrogen) atoms. The van der Waals surface area contributed by atoms with Gasteiger partial charge in [0.2, 0.25) is 11.8 Å². The predicted molar refractivity (Wildman–Crippen MR) is 112 cm³/mol. The SMILES string of the molecule is C#Cc1cccc(NC(=O)CN=C(NCC)NC2CCN(C(=O)C(C)C)C2)c1. The highest BCUT2D eigenvalue weighted by Gasteiger charge is 2.27. The van der Waals surface area contributed by atoms with Gasteiger partial charge in [-0.15, -0.1) is 6.42 Å². The number of carbonyl (C=O) groups is 2. The Morgan fingerprint density at radius 3 is 2.86 bits per heavy atom. The summed E-state index contributed by atoms with van der Waals surface area (Å²) in [6.45, 7) is 7.83. The summed E-state index contributed by atoms with van der Waals surface area (Å²) < 4.78 is 0. The Bertz CT molecular complexity index is 766. The lowest BCUT2D eigenvalue weighted by Gasteiger charge is -2.20. The fourth-order valence-corrected chi connectivity index (χ4v) is 2.99. The molecule has 0 spiro atoms. The quantitative estimate of drug-likeness (QED) is 0.394. The zero-order chi connectivity index (χ0) is 20.5. The first-order valence-electron chi connectivity index (χ1n) is 9.63. The molecule has 0 radical (unpaired) electrons. The van der Waals surface area contributed by atoms with Crippen LogP contribution in [0.4, 0.5) is 5.69 Å². The maximum Gasteiger partial charge on any atom is 0.246 e. The number of rotatable bonds is 6. The molecule has 3 N–H and O–H groups in total. The average molecular weight is 383 g/mol. The fourth-order valence-electron chi connectivity index (χ4n) is 2.99. The summed E-state index contributed by atoms with van der Waals surface area (Å²) in [7, 11) is 0. The zero-order valence-electron chi connectivity index (χ0n) is 16.8. The summed E-state index contributed by atoms with van der Waals surface area (Å²) in [6, 6.07) is 7.24.